The molecule has 1 aromatic carbocycles. The molecule has 2 rings (SSSR count). The number of carbonyl (C=O) groups excluding carboxylic acids is 1. The highest BCUT2D eigenvalue weighted by Gasteiger charge is 2.24. The zero-order chi connectivity index (χ0) is 13.1. The normalized spacial score (nSPS) is 16.3. The summed E-state index contributed by atoms with van der Waals surface area (Å²) in [5.74, 6) is -0.268. The minimum absolute atomic E-state index is 0.0402. The van der Waals surface area contributed by atoms with Gasteiger partial charge in [0, 0.05) is 19.0 Å². The Morgan fingerprint density at radius 3 is 2.61 bits per heavy atom. The molecule has 0 spiro atoms. The third-order valence-electron chi connectivity index (χ3n) is 3.44. The first-order valence-electron chi connectivity index (χ1n) is 5.96. The van der Waals surface area contributed by atoms with E-state index < -0.39 is 0 Å². The molecule has 0 bridgehead atoms. The van der Waals surface area contributed by atoms with Crippen LogP contribution >= 0.6 is 0 Å². The second-order valence-corrected chi connectivity index (χ2v) is 4.51. The van der Waals surface area contributed by atoms with Crippen LogP contribution in [0.15, 0.2) is 18.2 Å². The molecule has 5 nitrogen and oxygen atoms in total. The maximum Gasteiger partial charge on any atom is 0.220 e. The van der Waals surface area contributed by atoms with Crippen molar-refractivity contribution >= 4 is 17.3 Å². The number of piperidine rings is 1. The summed E-state index contributed by atoms with van der Waals surface area (Å²) >= 11 is 0. The van der Waals surface area contributed by atoms with Crippen molar-refractivity contribution in [3.05, 3.63) is 23.8 Å². The Labute approximate surface area is 106 Å². The highest BCUT2D eigenvalue weighted by molar-refractivity contribution is 5.78. The first-order chi connectivity index (χ1) is 8.63. The predicted octanol–water partition coefficient (Wildman–Crippen LogP) is 0.842. The van der Waals surface area contributed by atoms with E-state index in [4.69, 9.17) is 16.7 Å². The third kappa shape index (κ3) is 2.23. The van der Waals surface area contributed by atoms with E-state index in [1.165, 1.54) is 0 Å². The molecule has 1 aromatic rings. The number of primary amides is 1. The minimum Gasteiger partial charge on any atom is -0.396 e. The van der Waals surface area contributed by atoms with Gasteiger partial charge in [-0.2, -0.15) is 5.26 Å². The van der Waals surface area contributed by atoms with E-state index in [-0.39, 0.29) is 11.8 Å². The number of nitrogens with two attached hydrogens (primary N) is 2. The summed E-state index contributed by atoms with van der Waals surface area (Å²) in [6, 6.07) is 7.51. The number of nitriles is 1. The number of nitrogens with zero attached hydrogens (tertiary/aromatic N) is 2. The molecular formula is C13H16N4O. The van der Waals surface area contributed by atoms with E-state index in [2.05, 4.69) is 11.0 Å². The monoisotopic (exact) mass is 244 g/mol. The van der Waals surface area contributed by atoms with Crippen LogP contribution in [0.1, 0.15) is 18.4 Å². The fraction of sp³-hybridized carbons (Fsp3) is 0.385. The van der Waals surface area contributed by atoms with Crippen molar-refractivity contribution in [2.75, 3.05) is 23.7 Å². The van der Waals surface area contributed by atoms with Crippen LogP contribution in [-0.4, -0.2) is 19.0 Å². The number of hydrogen-bond acceptors (Lipinski definition) is 4. The zero-order valence-corrected chi connectivity index (χ0v) is 10.1. The van der Waals surface area contributed by atoms with Crippen LogP contribution in [0, 0.1) is 17.2 Å². The summed E-state index contributed by atoms with van der Waals surface area (Å²) < 4.78 is 0. The highest BCUT2D eigenvalue weighted by Crippen LogP contribution is 2.29. The molecule has 1 heterocycles. The van der Waals surface area contributed by atoms with Crippen LogP contribution in [0.3, 0.4) is 0 Å². The molecule has 0 radical (unpaired) electrons. The van der Waals surface area contributed by atoms with Gasteiger partial charge in [0.2, 0.25) is 5.91 Å². The fourth-order valence-electron chi connectivity index (χ4n) is 2.33. The number of nitrogen functional groups attached to an aromatic ring is 1. The Balaban J connectivity index is 2.15. The lowest BCUT2D eigenvalue weighted by Crippen LogP contribution is -2.38. The lowest BCUT2D eigenvalue weighted by Gasteiger charge is -2.33. The van der Waals surface area contributed by atoms with Crippen LogP contribution in [0.4, 0.5) is 11.4 Å². The summed E-state index contributed by atoms with van der Waals surface area (Å²) in [6.07, 6.45) is 1.48. The number of amides is 1. The second kappa shape index (κ2) is 4.96. The van der Waals surface area contributed by atoms with Crippen molar-refractivity contribution < 1.29 is 4.79 Å². The van der Waals surface area contributed by atoms with Gasteiger partial charge in [0.05, 0.1) is 16.9 Å². The molecule has 5 heteroatoms. The molecule has 1 amide bonds. The number of para-hydroxylation sites is 1. The van der Waals surface area contributed by atoms with Gasteiger partial charge in [-0.3, -0.25) is 4.79 Å². The molecule has 18 heavy (non-hydrogen) atoms. The van der Waals surface area contributed by atoms with E-state index in [1.54, 1.807) is 6.07 Å². The first-order valence-corrected chi connectivity index (χ1v) is 5.96. The Morgan fingerprint density at radius 2 is 2.06 bits per heavy atom. The standard InChI is InChI=1S/C13H16N4O/c14-8-10-2-1-3-11(12(10)15)17-6-4-9(5-7-17)13(16)18/h1-3,9H,4-7,15H2,(H2,16,18). The van der Waals surface area contributed by atoms with Gasteiger partial charge in [0.1, 0.15) is 6.07 Å². The van der Waals surface area contributed by atoms with Crippen molar-refractivity contribution in [2.24, 2.45) is 11.7 Å². The minimum atomic E-state index is -0.228. The quantitative estimate of drug-likeness (QED) is 0.753. The number of benzene rings is 1. The zero-order valence-electron chi connectivity index (χ0n) is 10.1. The van der Waals surface area contributed by atoms with Gasteiger partial charge in [-0.1, -0.05) is 6.07 Å². The van der Waals surface area contributed by atoms with E-state index in [0.29, 0.717) is 11.3 Å². The molecule has 4 N–H and O–H groups in total. The first kappa shape index (κ1) is 12.2. The summed E-state index contributed by atoms with van der Waals surface area (Å²) in [5.41, 5.74) is 13.1. The molecule has 0 aromatic heterocycles. The molecule has 1 aliphatic heterocycles. The Kier molecular flexibility index (Phi) is 3.38. The Hall–Kier alpha value is -2.22. The molecule has 0 aliphatic carbocycles. The summed E-state index contributed by atoms with van der Waals surface area (Å²) in [5, 5.41) is 8.95. The Bertz CT molecular complexity index is 498. The van der Waals surface area contributed by atoms with E-state index in [0.717, 1.165) is 31.6 Å². The fourth-order valence-corrected chi connectivity index (χ4v) is 2.33. The Morgan fingerprint density at radius 1 is 1.39 bits per heavy atom. The lowest BCUT2D eigenvalue weighted by atomic mass is 9.95. The van der Waals surface area contributed by atoms with Crippen molar-refractivity contribution in [3.8, 4) is 6.07 Å². The van der Waals surface area contributed by atoms with Gasteiger partial charge in [-0.05, 0) is 25.0 Å². The molecular weight excluding hydrogens is 228 g/mol. The van der Waals surface area contributed by atoms with Crippen molar-refractivity contribution in [3.63, 3.8) is 0 Å². The maximum absolute atomic E-state index is 11.1. The molecule has 1 saturated heterocycles. The molecule has 94 valence electrons. The van der Waals surface area contributed by atoms with Gasteiger partial charge in [-0.25, -0.2) is 0 Å². The number of carbonyl (C=O) groups is 1. The van der Waals surface area contributed by atoms with Crippen LogP contribution in [-0.2, 0) is 4.79 Å². The smallest absolute Gasteiger partial charge is 0.220 e. The molecule has 0 atom stereocenters. The SMILES string of the molecule is N#Cc1cccc(N2CCC(C(N)=O)CC2)c1N. The van der Waals surface area contributed by atoms with Gasteiger partial charge < -0.3 is 16.4 Å². The van der Waals surface area contributed by atoms with Crippen LogP contribution in [0.25, 0.3) is 0 Å². The second-order valence-electron chi connectivity index (χ2n) is 4.51. The van der Waals surface area contributed by atoms with Crippen molar-refractivity contribution in [1.82, 2.24) is 0 Å². The average Bonchev–Trinajstić information content (AvgIpc) is 2.39. The van der Waals surface area contributed by atoms with Crippen LogP contribution < -0.4 is 16.4 Å². The molecule has 1 fully saturated rings. The average molecular weight is 244 g/mol. The van der Waals surface area contributed by atoms with Gasteiger partial charge in [0.15, 0.2) is 0 Å². The van der Waals surface area contributed by atoms with E-state index >= 15 is 0 Å². The highest BCUT2D eigenvalue weighted by atomic mass is 16.1. The number of rotatable bonds is 2. The maximum atomic E-state index is 11.1. The van der Waals surface area contributed by atoms with Crippen LogP contribution in [0.2, 0.25) is 0 Å². The predicted molar refractivity (Wildman–Crippen MR) is 69.7 cm³/mol. The van der Waals surface area contributed by atoms with Crippen LogP contribution in [0.5, 0.6) is 0 Å². The molecule has 0 saturated carbocycles. The largest absolute Gasteiger partial charge is 0.396 e. The summed E-state index contributed by atoms with van der Waals surface area (Å²) in [4.78, 5) is 13.2. The number of hydrogen-bond donors (Lipinski definition) is 2. The summed E-state index contributed by atoms with van der Waals surface area (Å²) in [7, 11) is 0. The van der Waals surface area contributed by atoms with E-state index in [9.17, 15) is 4.79 Å². The van der Waals surface area contributed by atoms with E-state index in [1.807, 2.05) is 12.1 Å². The molecule has 1 aliphatic rings. The van der Waals surface area contributed by atoms with Gasteiger partial charge in [0.25, 0.3) is 0 Å². The lowest BCUT2D eigenvalue weighted by molar-refractivity contribution is -0.122. The summed E-state index contributed by atoms with van der Waals surface area (Å²) in [6.45, 7) is 1.49. The third-order valence-corrected chi connectivity index (χ3v) is 3.44. The van der Waals surface area contributed by atoms with Crippen molar-refractivity contribution in [1.29, 1.82) is 5.26 Å². The van der Waals surface area contributed by atoms with Crippen molar-refractivity contribution in [2.45, 2.75) is 12.8 Å². The van der Waals surface area contributed by atoms with Gasteiger partial charge in [-0.15, -0.1) is 0 Å². The number of anilines is 2. The molecule has 0 unspecified atom stereocenters. The van der Waals surface area contributed by atoms with Gasteiger partial charge >= 0.3 is 0 Å². The topological polar surface area (TPSA) is 96.1 Å².